The number of hydrazone groups is 1. The van der Waals surface area contributed by atoms with Crippen molar-refractivity contribution in [1.29, 1.82) is 0 Å². The van der Waals surface area contributed by atoms with Crippen molar-refractivity contribution >= 4 is 35.3 Å². The summed E-state index contributed by atoms with van der Waals surface area (Å²) in [7, 11) is 0. The first-order valence-corrected chi connectivity index (χ1v) is 5.83. The Morgan fingerprint density at radius 2 is 2.15 bits per heavy atom. The van der Waals surface area contributed by atoms with Gasteiger partial charge in [0.25, 0.3) is 5.24 Å². The average molecular weight is 220 g/mol. The first kappa shape index (κ1) is 12.8. The van der Waals surface area contributed by atoms with E-state index in [1.807, 2.05) is 13.8 Å². The predicted octanol–water partition coefficient (Wildman–Crippen LogP) is 2.54. The van der Waals surface area contributed by atoms with Crippen LogP contribution in [-0.2, 0) is 0 Å². The fourth-order valence-electron chi connectivity index (χ4n) is 0.568. The van der Waals surface area contributed by atoms with Crippen LogP contribution < -0.4 is 5.43 Å². The van der Waals surface area contributed by atoms with Crippen molar-refractivity contribution in [2.24, 2.45) is 5.10 Å². The number of carbonyl (C=O) groups is 1. The van der Waals surface area contributed by atoms with Crippen molar-refractivity contribution < 1.29 is 4.79 Å². The molecule has 0 saturated heterocycles. The zero-order valence-electron chi connectivity index (χ0n) is 8.04. The Kier molecular flexibility index (Phi) is 8.33. The number of carbonyl (C=O) groups excluding carboxylic acids is 1. The molecule has 3 nitrogen and oxygen atoms in total. The highest BCUT2D eigenvalue weighted by molar-refractivity contribution is 8.13. The topological polar surface area (TPSA) is 41.5 Å². The molecule has 1 amide bonds. The molecule has 1 N–H and O–H groups in total. The molecule has 0 bridgehead atoms. The molecule has 0 spiro atoms. The minimum atomic E-state index is -0.0830. The molecule has 0 aromatic carbocycles. The van der Waals surface area contributed by atoms with E-state index in [1.165, 1.54) is 11.8 Å². The molecule has 0 unspecified atom stereocenters. The van der Waals surface area contributed by atoms with Gasteiger partial charge in [0.05, 0.1) is 0 Å². The first-order chi connectivity index (χ1) is 6.16. The number of amides is 1. The number of rotatable bonds is 5. The van der Waals surface area contributed by atoms with Gasteiger partial charge in [-0.2, -0.15) is 17.7 Å². The molecular weight excluding hydrogens is 204 g/mol. The number of nitrogens with zero attached hydrogens (tertiary/aromatic N) is 1. The van der Waals surface area contributed by atoms with Crippen LogP contribution in [0, 0.1) is 0 Å². The van der Waals surface area contributed by atoms with Crippen molar-refractivity contribution in [2.45, 2.75) is 26.7 Å². The van der Waals surface area contributed by atoms with E-state index in [0.29, 0.717) is 0 Å². The van der Waals surface area contributed by atoms with Crippen LogP contribution in [0.25, 0.3) is 0 Å². The largest absolute Gasteiger partial charge is 0.299 e. The second-order valence-electron chi connectivity index (χ2n) is 2.74. The smallest absolute Gasteiger partial charge is 0.260 e. The third kappa shape index (κ3) is 9.76. The average Bonchev–Trinajstić information content (AvgIpc) is 2.09. The van der Waals surface area contributed by atoms with Gasteiger partial charge >= 0.3 is 0 Å². The quantitative estimate of drug-likeness (QED) is 0.323. The second kappa shape index (κ2) is 8.44. The summed E-state index contributed by atoms with van der Waals surface area (Å²) < 4.78 is 0. The lowest BCUT2D eigenvalue weighted by Gasteiger charge is -1.99. The lowest BCUT2D eigenvalue weighted by Crippen LogP contribution is -2.13. The molecule has 0 aromatic rings. The second-order valence-corrected chi connectivity index (χ2v) is 4.25. The van der Waals surface area contributed by atoms with Crippen LogP contribution in [0.4, 0.5) is 4.79 Å². The maximum Gasteiger partial charge on any atom is 0.299 e. The van der Waals surface area contributed by atoms with Crippen LogP contribution in [0.2, 0.25) is 0 Å². The monoisotopic (exact) mass is 220 g/mol. The van der Waals surface area contributed by atoms with E-state index >= 15 is 0 Å². The van der Waals surface area contributed by atoms with Gasteiger partial charge < -0.3 is 0 Å². The summed E-state index contributed by atoms with van der Waals surface area (Å²) in [5.74, 6) is 1.72. The van der Waals surface area contributed by atoms with Gasteiger partial charge in [0.15, 0.2) is 0 Å². The van der Waals surface area contributed by atoms with E-state index < -0.39 is 0 Å². The zero-order valence-corrected chi connectivity index (χ0v) is 9.75. The maximum atomic E-state index is 11.0. The summed E-state index contributed by atoms with van der Waals surface area (Å²) >= 11 is 5.35. The van der Waals surface area contributed by atoms with E-state index in [4.69, 9.17) is 0 Å². The molecule has 0 radical (unpaired) electrons. The van der Waals surface area contributed by atoms with E-state index in [0.717, 1.165) is 30.1 Å². The highest BCUT2D eigenvalue weighted by atomic mass is 32.2. The standard InChI is InChI=1S/C8H16N2OS2/c1-7(2)9-10-8(11)13-6-4-3-5-12/h12H,3-6H2,1-2H3,(H,10,11). The zero-order chi connectivity index (χ0) is 10.1. The Balaban J connectivity index is 3.36. The summed E-state index contributed by atoms with van der Waals surface area (Å²) in [6, 6.07) is 0. The Morgan fingerprint density at radius 1 is 1.46 bits per heavy atom. The van der Waals surface area contributed by atoms with Crippen molar-refractivity contribution in [2.75, 3.05) is 11.5 Å². The Labute approximate surface area is 89.1 Å². The molecule has 0 aliphatic carbocycles. The lowest BCUT2D eigenvalue weighted by molar-refractivity contribution is 0.261. The lowest BCUT2D eigenvalue weighted by atomic mass is 10.4. The van der Waals surface area contributed by atoms with Crippen molar-refractivity contribution in [3.8, 4) is 0 Å². The molecule has 0 aromatic heterocycles. The number of hydrogen-bond acceptors (Lipinski definition) is 4. The van der Waals surface area contributed by atoms with Crippen LogP contribution in [-0.4, -0.2) is 22.5 Å². The summed E-state index contributed by atoms with van der Waals surface area (Å²) in [5.41, 5.74) is 3.30. The van der Waals surface area contributed by atoms with E-state index in [9.17, 15) is 4.79 Å². The molecule has 13 heavy (non-hydrogen) atoms. The number of hydrogen-bond donors (Lipinski definition) is 2. The molecule has 76 valence electrons. The third-order valence-corrected chi connectivity index (χ3v) is 2.32. The summed E-state index contributed by atoms with van der Waals surface area (Å²) in [5, 5.41) is 3.72. The van der Waals surface area contributed by atoms with Crippen LogP contribution in [0.1, 0.15) is 26.7 Å². The number of thioether (sulfide) groups is 1. The first-order valence-electron chi connectivity index (χ1n) is 4.21. The maximum absolute atomic E-state index is 11.0. The van der Waals surface area contributed by atoms with Gasteiger partial charge in [-0.15, -0.1) is 0 Å². The Bertz CT molecular complexity index is 179. The SMILES string of the molecule is CC(C)=NNC(=O)SCCCCS. The molecule has 0 heterocycles. The minimum absolute atomic E-state index is 0.0830. The van der Waals surface area contributed by atoms with Gasteiger partial charge in [-0.05, 0) is 32.4 Å². The van der Waals surface area contributed by atoms with Gasteiger partial charge in [-0.3, -0.25) is 4.79 Å². The Hall–Kier alpha value is -0.160. The molecule has 0 aliphatic rings. The van der Waals surface area contributed by atoms with Crippen LogP contribution in [0.5, 0.6) is 0 Å². The highest BCUT2D eigenvalue weighted by Crippen LogP contribution is 2.05. The van der Waals surface area contributed by atoms with Crippen LogP contribution in [0.15, 0.2) is 5.10 Å². The summed E-state index contributed by atoms with van der Waals surface area (Å²) in [6.07, 6.45) is 2.08. The molecular formula is C8H16N2OS2. The van der Waals surface area contributed by atoms with Crippen molar-refractivity contribution in [3.05, 3.63) is 0 Å². The van der Waals surface area contributed by atoms with E-state index in [2.05, 4.69) is 23.2 Å². The third-order valence-electron chi connectivity index (χ3n) is 1.16. The molecule has 0 rings (SSSR count). The number of thiol groups is 1. The molecule has 0 saturated carbocycles. The van der Waals surface area contributed by atoms with Crippen LogP contribution in [0.3, 0.4) is 0 Å². The van der Waals surface area contributed by atoms with Gasteiger partial charge in [0, 0.05) is 11.5 Å². The summed E-state index contributed by atoms with van der Waals surface area (Å²) in [4.78, 5) is 11.0. The fraction of sp³-hybridized carbons (Fsp3) is 0.750. The summed E-state index contributed by atoms with van der Waals surface area (Å²) in [6.45, 7) is 3.68. The molecule has 0 aliphatic heterocycles. The van der Waals surface area contributed by atoms with Gasteiger partial charge in [-0.1, -0.05) is 11.8 Å². The Morgan fingerprint density at radius 3 is 2.69 bits per heavy atom. The van der Waals surface area contributed by atoms with Gasteiger partial charge in [0.2, 0.25) is 0 Å². The molecule has 0 atom stereocenters. The molecule has 5 heteroatoms. The van der Waals surface area contributed by atoms with Crippen molar-refractivity contribution in [3.63, 3.8) is 0 Å². The minimum Gasteiger partial charge on any atom is -0.260 e. The van der Waals surface area contributed by atoms with E-state index in [1.54, 1.807) is 0 Å². The normalized spacial score (nSPS) is 9.46. The molecule has 0 fully saturated rings. The fourth-order valence-corrected chi connectivity index (χ4v) is 1.44. The van der Waals surface area contributed by atoms with E-state index in [-0.39, 0.29) is 5.24 Å². The van der Waals surface area contributed by atoms with Crippen LogP contribution >= 0.6 is 24.4 Å². The van der Waals surface area contributed by atoms with Gasteiger partial charge in [-0.25, -0.2) is 5.43 Å². The predicted molar refractivity (Wildman–Crippen MR) is 62.9 cm³/mol. The van der Waals surface area contributed by atoms with Gasteiger partial charge in [0.1, 0.15) is 0 Å². The van der Waals surface area contributed by atoms with Crippen molar-refractivity contribution in [1.82, 2.24) is 5.43 Å². The number of nitrogens with one attached hydrogen (secondary N) is 1. The number of unbranched alkanes of at least 4 members (excludes halogenated alkanes) is 1. The highest BCUT2D eigenvalue weighted by Gasteiger charge is 1.98.